The van der Waals surface area contributed by atoms with Crippen LogP contribution in [0.2, 0.25) is 0 Å². The van der Waals surface area contributed by atoms with Gasteiger partial charge in [-0.1, -0.05) is 18.2 Å². The Morgan fingerprint density at radius 3 is 2.42 bits per heavy atom. The minimum atomic E-state index is -5.08. The van der Waals surface area contributed by atoms with Crippen LogP contribution in [0.4, 0.5) is 22.0 Å². The second-order valence-electron chi connectivity index (χ2n) is 7.55. The van der Waals surface area contributed by atoms with Crippen molar-refractivity contribution in [3.8, 4) is 11.1 Å². The molecule has 2 heterocycles. The van der Waals surface area contributed by atoms with Crippen molar-refractivity contribution >= 4 is 22.8 Å². The van der Waals surface area contributed by atoms with Gasteiger partial charge in [0.1, 0.15) is 12.0 Å². The molecule has 0 saturated carbocycles. The Labute approximate surface area is 184 Å². The highest BCUT2D eigenvalue weighted by atomic mass is 19.4. The lowest BCUT2D eigenvalue weighted by Gasteiger charge is -2.24. The summed E-state index contributed by atoms with van der Waals surface area (Å²) < 4.78 is 61.6. The fourth-order valence-corrected chi connectivity index (χ4v) is 3.87. The molecule has 4 rings (SSSR count). The van der Waals surface area contributed by atoms with Crippen molar-refractivity contribution < 1.29 is 36.6 Å². The molecule has 3 aromatic rings. The zero-order chi connectivity index (χ0) is 24.7. The van der Waals surface area contributed by atoms with Gasteiger partial charge in [0.05, 0.1) is 11.1 Å². The van der Waals surface area contributed by atoms with Crippen LogP contribution in [0, 0.1) is 19.7 Å². The van der Waals surface area contributed by atoms with Crippen LogP contribution < -0.4 is 11.1 Å². The van der Waals surface area contributed by atoms with Gasteiger partial charge in [-0.25, -0.2) is 13.6 Å². The molecule has 5 N–H and O–H groups in total. The molecule has 6 nitrogen and oxygen atoms in total. The van der Waals surface area contributed by atoms with E-state index in [9.17, 15) is 22.4 Å². The van der Waals surface area contributed by atoms with Crippen molar-refractivity contribution in [1.82, 2.24) is 10.3 Å². The first kappa shape index (κ1) is 24.2. The number of aliphatic carboxylic acids is 1. The molecule has 0 saturated heterocycles. The highest BCUT2D eigenvalue weighted by Gasteiger charge is 2.38. The number of halogens is 5. The number of nitrogens with one attached hydrogen (secondary N) is 2. The number of primary amides is 1. The second-order valence-corrected chi connectivity index (χ2v) is 7.55. The fourth-order valence-electron chi connectivity index (χ4n) is 3.87. The Morgan fingerprint density at radius 1 is 1.21 bits per heavy atom. The lowest BCUT2D eigenvalue weighted by molar-refractivity contribution is -0.192. The van der Waals surface area contributed by atoms with E-state index in [1.165, 1.54) is 0 Å². The van der Waals surface area contributed by atoms with Crippen LogP contribution in [-0.2, 0) is 11.3 Å². The number of carbonyl (C=O) groups is 2. The summed E-state index contributed by atoms with van der Waals surface area (Å²) in [5, 5.41) is 10.7. The first-order valence-electron chi connectivity index (χ1n) is 9.72. The molecule has 11 heteroatoms. The molecule has 0 radical (unpaired) electrons. The van der Waals surface area contributed by atoms with Crippen molar-refractivity contribution in [2.24, 2.45) is 5.73 Å². The predicted molar refractivity (Wildman–Crippen MR) is 111 cm³/mol. The van der Waals surface area contributed by atoms with E-state index < -0.39 is 30.0 Å². The number of nitrogens with two attached hydrogens (primary N) is 1. The second kappa shape index (κ2) is 8.81. The van der Waals surface area contributed by atoms with E-state index in [0.717, 1.165) is 22.9 Å². The molecule has 1 aromatic heterocycles. The normalized spacial score (nSPS) is 15.5. The maximum absolute atomic E-state index is 15.2. The maximum Gasteiger partial charge on any atom is 0.490 e. The van der Waals surface area contributed by atoms with Crippen molar-refractivity contribution in [3.05, 3.63) is 58.0 Å². The Kier molecular flexibility index (Phi) is 6.46. The molecule has 2 aromatic carbocycles. The van der Waals surface area contributed by atoms with E-state index in [4.69, 9.17) is 15.6 Å². The van der Waals surface area contributed by atoms with Gasteiger partial charge in [0.15, 0.2) is 0 Å². The van der Waals surface area contributed by atoms with Crippen LogP contribution in [0.1, 0.15) is 38.9 Å². The summed E-state index contributed by atoms with van der Waals surface area (Å²) in [5.74, 6) is -4.04. The summed E-state index contributed by atoms with van der Waals surface area (Å²) in [4.78, 5) is 23.8. The van der Waals surface area contributed by atoms with Crippen molar-refractivity contribution in [1.29, 1.82) is 0 Å². The van der Waals surface area contributed by atoms with E-state index in [0.29, 0.717) is 34.1 Å². The number of amides is 1. The Hall–Kier alpha value is -3.47. The number of carboxylic acids is 1. The number of aryl methyl sites for hydroxylation is 2. The zero-order valence-corrected chi connectivity index (χ0v) is 17.5. The van der Waals surface area contributed by atoms with Gasteiger partial charge in [-0.3, -0.25) is 4.79 Å². The third kappa shape index (κ3) is 4.54. The number of hydrogen-bond donors (Lipinski definition) is 4. The smallest absolute Gasteiger partial charge is 0.475 e. The molecule has 0 aliphatic carbocycles. The molecule has 0 fully saturated rings. The average molecular weight is 469 g/mol. The summed E-state index contributed by atoms with van der Waals surface area (Å²) in [6, 6.07) is 6.53. The van der Waals surface area contributed by atoms with Gasteiger partial charge in [0.25, 0.3) is 5.91 Å². The van der Waals surface area contributed by atoms with Gasteiger partial charge in [-0.15, -0.1) is 0 Å². The molecule has 1 atom stereocenters. The molecule has 1 aliphatic heterocycles. The van der Waals surface area contributed by atoms with Gasteiger partial charge in [0.2, 0.25) is 0 Å². The topological polar surface area (TPSA) is 108 Å². The van der Waals surface area contributed by atoms with Gasteiger partial charge < -0.3 is 21.1 Å². The first-order chi connectivity index (χ1) is 15.3. The van der Waals surface area contributed by atoms with Crippen LogP contribution in [0.5, 0.6) is 0 Å². The summed E-state index contributed by atoms with van der Waals surface area (Å²) in [5.41, 5.74) is 9.83. The Balaban J connectivity index is 0.000000383. The van der Waals surface area contributed by atoms with E-state index in [2.05, 4.69) is 10.3 Å². The van der Waals surface area contributed by atoms with Crippen molar-refractivity contribution in [2.45, 2.75) is 32.7 Å². The lowest BCUT2D eigenvalue weighted by Crippen LogP contribution is -2.26. The van der Waals surface area contributed by atoms with Crippen LogP contribution in [0.15, 0.2) is 24.3 Å². The first-order valence-corrected chi connectivity index (χ1v) is 9.72. The van der Waals surface area contributed by atoms with Gasteiger partial charge in [-0.05, 0) is 42.2 Å². The van der Waals surface area contributed by atoms with Crippen LogP contribution in [-0.4, -0.2) is 34.7 Å². The third-order valence-electron chi connectivity index (χ3n) is 5.46. The molecular weight excluding hydrogens is 449 g/mol. The van der Waals surface area contributed by atoms with Crippen molar-refractivity contribution in [2.75, 3.05) is 6.54 Å². The summed E-state index contributed by atoms with van der Waals surface area (Å²) >= 11 is 0. The standard InChI is InChI=1S/C20H19F2N3O.C2HF3O2/c1-9-10(2)25-19-13(20(23)26)6-14(21)18(16(9)19)12-5-3-4-11-7-24-8-15(22)17(11)12;3-2(4,5)1(6)7/h3-6,15,24-25H,7-8H2,1-2H3,(H2,23,26);(H,6,7)/t15-;/m0./s1. The number of carboxylic acid groups (broad SMARTS) is 1. The SMILES string of the molecule is Cc1[nH]c2c(C(N)=O)cc(F)c(-c3cccc4c3[C@@H](F)CNC4)c2c1C.O=C(O)C(F)(F)F. The zero-order valence-electron chi connectivity index (χ0n) is 17.5. The monoisotopic (exact) mass is 469 g/mol. The van der Waals surface area contributed by atoms with Crippen LogP contribution >= 0.6 is 0 Å². The third-order valence-corrected chi connectivity index (χ3v) is 5.46. The quantitative estimate of drug-likeness (QED) is 0.416. The largest absolute Gasteiger partial charge is 0.490 e. The number of alkyl halides is 4. The molecule has 0 spiro atoms. The van der Waals surface area contributed by atoms with E-state index in [1.54, 1.807) is 12.1 Å². The molecule has 33 heavy (non-hydrogen) atoms. The van der Waals surface area contributed by atoms with Gasteiger partial charge in [-0.2, -0.15) is 13.2 Å². The number of carbonyl (C=O) groups excluding carboxylic acids is 1. The fraction of sp³-hybridized carbons (Fsp3) is 0.273. The van der Waals surface area contributed by atoms with Crippen molar-refractivity contribution in [3.63, 3.8) is 0 Å². The number of hydrogen-bond acceptors (Lipinski definition) is 3. The lowest BCUT2D eigenvalue weighted by atomic mass is 9.87. The highest BCUT2D eigenvalue weighted by molar-refractivity contribution is 6.11. The molecule has 1 amide bonds. The summed E-state index contributed by atoms with van der Waals surface area (Å²) in [7, 11) is 0. The van der Waals surface area contributed by atoms with E-state index >= 15 is 4.39 Å². The molecule has 0 bridgehead atoms. The number of H-pyrrole nitrogens is 1. The van der Waals surface area contributed by atoms with Crippen LogP contribution in [0.25, 0.3) is 22.0 Å². The predicted octanol–water partition coefficient (Wildman–Crippen LogP) is 4.44. The molecule has 176 valence electrons. The average Bonchev–Trinajstić information content (AvgIpc) is 3.01. The number of aromatic amines is 1. The van der Waals surface area contributed by atoms with Crippen LogP contribution in [0.3, 0.4) is 0 Å². The number of aromatic nitrogens is 1. The minimum absolute atomic E-state index is 0.0979. The maximum atomic E-state index is 15.2. The molecule has 1 aliphatic rings. The minimum Gasteiger partial charge on any atom is -0.475 e. The van der Waals surface area contributed by atoms with E-state index in [-0.39, 0.29) is 12.1 Å². The Morgan fingerprint density at radius 2 is 1.85 bits per heavy atom. The number of benzene rings is 2. The Bertz CT molecular complexity index is 1250. The summed E-state index contributed by atoms with van der Waals surface area (Å²) in [6.45, 7) is 4.44. The highest BCUT2D eigenvalue weighted by Crippen LogP contribution is 2.42. The summed E-state index contributed by atoms with van der Waals surface area (Å²) in [6.07, 6.45) is -6.31. The molecular formula is C22H20F5N3O3. The van der Waals surface area contributed by atoms with E-state index in [1.807, 2.05) is 19.9 Å². The number of rotatable bonds is 2. The van der Waals surface area contributed by atoms with Gasteiger partial charge in [0, 0.05) is 29.7 Å². The molecule has 0 unspecified atom stereocenters. The van der Waals surface area contributed by atoms with Gasteiger partial charge >= 0.3 is 12.1 Å². The number of fused-ring (bicyclic) bond motifs is 2.